The lowest BCUT2D eigenvalue weighted by Gasteiger charge is -2.35. The molecule has 2 aromatic rings. The molecule has 2 aliphatic rings. The number of amides is 1. The Hall–Kier alpha value is -2.74. The van der Waals surface area contributed by atoms with E-state index in [1.165, 1.54) is 23.5 Å². The number of aliphatic hydroxyl groups is 1. The molecule has 0 saturated heterocycles. The zero-order chi connectivity index (χ0) is 27.3. The monoisotopic (exact) mass is 551 g/mol. The van der Waals surface area contributed by atoms with Gasteiger partial charge in [0.15, 0.2) is 11.5 Å². The largest absolute Gasteiger partial charge is 0.490 e. The van der Waals surface area contributed by atoms with Crippen LogP contribution in [0.4, 0.5) is 0 Å². The number of benzene rings is 1. The number of sulfonamides is 1. The maximum absolute atomic E-state index is 13.5. The highest BCUT2D eigenvalue weighted by Gasteiger charge is 2.31. The molecule has 13 heteroatoms. The summed E-state index contributed by atoms with van der Waals surface area (Å²) in [6.07, 6.45) is 2.82. The van der Waals surface area contributed by atoms with Gasteiger partial charge in [-0.1, -0.05) is 12.1 Å². The second-order valence-corrected chi connectivity index (χ2v) is 12.0. The molecule has 12 nitrogen and oxygen atoms in total. The van der Waals surface area contributed by atoms with Crippen molar-refractivity contribution in [1.29, 1.82) is 0 Å². The van der Waals surface area contributed by atoms with E-state index in [1.54, 1.807) is 28.8 Å². The minimum Gasteiger partial charge on any atom is -0.490 e. The lowest BCUT2D eigenvalue weighted by molar-refractivity contribution is -0.136. The number of aromatic nitrogens is 3. The van der Waals surface area contributed by atoms with E-state index in [2.05, 4.69) is 10.3 Å². The van der Waals surface area contributed by atoms with Gasteiger partial charge in [-0.15, -0.1) is 5.10 Å². The molecule has 0 aliphatic carbocycles. The van der Waals surface area contributed by atoms with E-state index >= 15 is 0 Å². The highest BCUT2D eigenvalue weighted by Crippen LogP contribution is 2.33. The third-order valence-electron chi connectivity index (χ3n) is 6.91. The van der Waals surface area contributed by atoms with Gasteiger partial charge in [0, 0.05) is 51.5 Å². The van der Waals surface area contributed by atoms with Crippen molar-refractivity contribution >= 4 is 15.9 Å². The number of likely N-dealkylation sites (N-methyl/N-ethyl adjacent to an activating group) is 1. The molecule has 1 aromatic heterocycles. The average molecular weight is 552 g/mol. The second-order valence-electron chi connectivity index (χ2n) is 9.93. The van der Waals surface area contributed by atoms with Crippen molar-refractivity contribution in [3.63, 3.8) is 0 Å². The summed E-state index contributed by atoms with van der Waals surface area (Å²) in [4.78, 5) is 14.8. The summed E-state index contributed by atoms with van der Waals surface area (Å²) in [5, 5.41) is 18.0. The summed E-state index contributed by atoms with van der Waals surface area (Å²) in [6.45, 7) is 5.54. The van der Waals surface area contributed by atoms with Crippen molar-refractivity contribution in [2.24, 2.45) is 5.92 Å². The van der Waals surface area contributed by atoms with Gasteiger partial charge in [0.25, 0.3) is 0 Å². The number of nitrogens with zero attached hydrogens (tertiary/aromatic N) is 5. The Morgan fingerprint density at radius 3 is 2.74 bits per heavy atom. The Balaban J connectivity index is 1.57. The molecule has 3 heterocycles. The van der Waals surface area contributed by atoms with Crippen LogP contribution in [0, 0.1) is 5.92 Å². The third kappa shape index (κ3) is 6.63. The number of hydrogen-bond donors (Lipinski definition) is 1. The van der Waals surface area contributed by atoms with Gasteiger partial charge in [-0.25, -0.2) is 8.42 Å². The van der Waals surface area contributed by atoms with Crippen molar-refractivity contribution in [3.05, 3.63) is 30.1 Å². The molecule has 2 aliphatic heterocycles. The first-order chi connectivity index (χ1) is 18.2. The molecule has 2 bridgehead atoms. The smallest absolute Gasteiger partial charge is 0.243 e. The third-order valence-corrected chi connectivity index (χ3v) is 8.73. The van der Waals surface area contributed by atoms with Crippen LogP contribution in [-0.4, -0.2) is 95.7 Å². The van der Waals surface area contributed by atoms with E-state index < -0.39 is 16.1 Å². The molecule has 0 unspecified atom stereocenters. The van der Waals surface area contributed by atoms with Crippen LogP contribution < -0.4 is 9.47 Å². The molecule has 0 spiro atoms. The summed E-state index contributed by atoms with van der Waals surface area (Å²) in [6, 6.07) is 4.23. The molecule has 1 N–H and O–H groups in total. The van der Waals surface area contributed by atoms with E-state index in [-0.39, 0.29) is 42.5 Å². The Bertz CT molecular complexity index is 1200. The molecule has 1 aromatic carbocycles. The standard InChI is InChI=1S/C25H37N5O7S/c1-18-13-30(19(2)16-31)25(32)6-4-9-29-14-20(26-27-29)17-37-24(18)15-28(3)38(33,34)21-7-8-22-23(12-21)36-11-5-10-35-22/h7-8,12,14,18-19,24,31H,4-6,9-11,13,15-17H2,1-3H3/t18-,19+,24-/m0/s1. The second kappa shape index (κ2) is 12.4. The minimum absolute atomic E-state index is 0.0433. The normalized spacial score (nSPS) is 22.2. The summed E-state index contributed by atoms with van der Waals surface area (Å²) < 4.78 is 47.5. The van der Waals surface area contributed by atoms with Crippen LogP contribution in [0.15, 0.2) is 29.3 Å². The fourth-order valence-electron chi connectivity index (χ4n) is 4.53. The number of aliphatic hydroxyl groups excluding tert-OH is 1. The average Bonchev–Trinajstić information content (AvgIpc) is 3.22. The molecule has 0 radical (unpaired) electrons. The molecule has 1 amide bonds. The number of carbonyl (C=O) groups is 1. The van der Waals surface area contributed by atoms with Crippen molar-refractivity contribution in [1.82, 2.24) is 24.2 Å². The highest BCUT2D eigenvalue weighted by molar-refractivity contribution is 7.89. The fraction of sp³-hybridized carbons (Fsp3) is 0.640. The van der Waals surface area contributed by atoms with Gasteiger partial charge in [0.1, 0.15) is 5.69 Å². The van der Waals surface area contributed by atoms with Crippen LogP contribution in [0.25, 0.3) is 0 Å². The van der Waals surface area contributed by atoms with Crippen molar-refractivity contribution in [3.8, 4) is 11.5 Å². The summed E-state index contributed by atoms with van der Waals surface area (Å²) in [7, 11) is -2.38. The SMILES string of the molecule is C[C@H](CO)N1C[C@H](C)[C@H](CN(C)S(=O)(=O)c2ccc3c(c2)OCCCO3)OCc2cn(nn2)CCCC1=O. The van der Waals surface area contributed by atoms with Gasteiger partial charge in [0.05, 0.1) is 49.7 Å². The lowest BCUT2D eigenvalue weighted by atomic mass is 10.0. The fourth-order valence-corrected chi connectivity index (χ4v) is 5.73. The number of fused-ring (bicyclic) bond motifs is 3. The number of ether oxygens (including phenoxy) is 3. The maximum Gasteiger partial charge on any atom is 0.243 e. The number of aryl methyl sites for hydroxylation is 1. The van der Waals surface area contributed by atoms with E-state index in [0.29, 0.717) is 56.3 Å². The van der Waals surface area contributed by atoms with Crippen LogP contribution in [0.2, 0.25) is 0 Å². The van der Waals surface area contributed by atoms with E-state index in [1.807, 2.05) is 6.92 Å². The van der Waals surface area contributed by atoms with Gasteiger partial charge >= 0.3 is 0 Å². The first kappa shape index (κ1) is 28.3. The Kier molecular flexibility index (Phi) is 9.23. The van der Waals surface area contributed by atoms with Crippen LogP contribution in [-0.2, 0) is 32.7 Å². The highest BCUT2D eigenvalue weighted by atomic mass is 32.2. The molecule has 210 valence electrons. The topological polar surface area (TPSA) is 136 Å². The minimum atomic E-state index is -3.89. The molecule has 4 rings (SSSR count). The number of rotatable bonds is 6. The van der Waals surface area contributed by atoms with Gasteiger partial charge < -0.3 is 24.2 Å². The Labute approximate surface area is 223 Å². The molecule has 3 atom stereocenters. The zero-order valence-corrected chi connectivity index (χ0v) is 23.0. The van der Waals surface area contributed by atoms with Crippen molar-refractivity contribution in [2.45, 2.75) is 63.3 Å². The predicted molar refractivity (Wildman–Crippen MR) is 137 cm³/mol. The van der Waals surface area contributed by atoms with Gasteiger partial charge in [0.2, 0.25) is 15.9 Å². The van der Waals surface area contributed by atoms with Crippen LogP contribution in [0.1, 0.15) is 38.8 Å². The first-order valence-corrected chi connectivity index (χ1v) is 14.4. The van der Waals surface area contributed by atoms with Crippen LogP contribution in [0.5, 0.6) is 11.5 Å². The number of hydrogen-bond acceptors (Lipinski definition) is 9. The van der Waals surface area contributed by atoms with E-state index in [0.717, 1.165) is 6.42 Å². The predicted octanol–water partition coefficient (Wildman–Crippen LogP) is 1.28. The Morgan fingerprint density at radius 1 is 1.21 bits per heavy atom. The summed E-state index contributed by atoms with van der Waals surface area (Å²) >= 11 is 0. The van der Waals surface area contributed by atoms with Crippen LogP contribution in [0.3, 0.4) is 0 Å². The van der Waals surface area contributed by atoms with E-state index in [9.17, 15) is 18.3 Å². The molecular formula is C25H37N5O7S. The quantitative estimate of drug-likeness (QED) is 0.563. The van der Waals surface area contributed by atoms with Crippen molar-refractivity contribution < 1.29 is 32.5 Å². The van der Waals surface area contributed by atoms with Crippen molar-refractivity contribution in [2.75, 3.05) is 40.0 Å². The molecular weight excluding hydrogens is 514 g/mol. The Morgan fingerprint density at radius 2 is 1.97 bits per heavy atom. The zero-order valence-electron chi connectivity index (χ0n) is 22.2. The summed E-state index contributed by atoms with van der Waals surface area (Å²) in [5.74, 6) is 0.598. The van der Waals surface area contributed by atoms with Crippen LogP contribution >= 0.6 is 0 Å². The number of carbonyl (C=O) groups excluding carboxylic acids is 1. The van der Waals surface area contributed by atoms with E-state index in [4.69, 9.17) is 14.2 Å². The maximum atomic E-state index is 13.5. The van der Waals surface area contributed by atoms with Gasteiger partial charge in [-0.3, -0.25) is 9.48 Å². The molecule has 38 heavy (non-hydrogen) atoms. The lowest BCUT2D eigenvalue weighted by Crippen LogP contribution is -2.47. The van der Waals surface area contributed by atoms with Gasteiger partial charge in [-0.05, 0) is 25.5 Å². The summed E-state index contributed by atoms with van der Waals surface area (Å²) in [5.41, 5.74) is 0.627. The molecule has 0 fully saturated rings. The first-order valence-electron chi connectivity index (χ1n) is 13.0. The van der Waals surface area contributed by atoms with Gasteiger partial charge in [-0.2, -0.15) is 4.31 Å². The molecule has 0 saturated carbocycles.